The Morgan fingerprint density at radius 3 is 2.62 bits per heavy atom. The second kappa shape index (κ2) is 9.46. The number of carbonyl (C=O) groups is 1. The summed E-state index contributed by atoms with van der Waals surface area (Å²) in [5.74, 6) is -5.05. The lowest BCUT2D eigenvalue weighted by molar-refractivity contribution is -0.121. The fourth-order valence-electron chi connectivity index (χ4n) is 4.78. The summed E-state index contributed by atoms with van der Waals surface area (Å²) in [4.78, 5) is 20.6. The van der Waals surface area contributed by atoms with Crippen LogP contribution in [0.1, 0.15) is 42.1 Å². The van der Waals surface area contributed by atoms with Crippen LogP contribution in [0.2, 0.25) is 0 Å². The Kier molecular flexibility index (Phi) is 6.59. The minimum Gasteiger partial charge on any atom is -0.381 e. The van der Waals surface area contributed by atoms with Gasteiger partial charge in [0.05, 0.1) is 45.9 Å². The van der Waals surface area contributed by atoms with Crippen molar-refractivity contribution in [2.75, 3.05) is 24.8 Å². The van der Waals surface area contributed by atoms with Crippen LogP contribution in [0.25, 0.3) is 0 Å². The number of anilines is 2. The average Bonchev–Trinajstić information content (AvgIpc) is 3.27. The zero-order valence-electron chi connectivity index (χ0n) is 19.9. The minimum atomic E-state index is -3.71. The first-order valence-electron chi connectivity index (χ1n) is 11.9. The van der Waals surface area contributed by atoms with E-state index >= 15 is 0 Å². The third-order valence-corrected chi connectivity index (χ3v) is 7.99. The highest BCUT2D eigenvalue weighted by molar-refractivity contribution is 7.90. The van der Waals surface area contributed by atoms with Crippen LogP contribution in [0, 0.1) is 5.92 Å². The Morgan fingerprint density at radius 1 is 1.24 bits per heavy atom. The summed E-state index contributed by atoms with van der Waals surface area (Å²) >= 11 is 0. The number of aromatic nitrogens is 1. The van der Waals surface area contributed by atoms with E-state index in [1.807, 2.05) is 0 Å². The van der Waals surface area contributed by atoms with Gasteiger partial charge in [-0.15, -0.1) is 0 Å². The topological polar surface area (TPSA) is 97.7 Å². The second-order valence-electron chi connectivity index (χ2n) is 9.76. The molecule has 7 nitrogen and oxygen atoms in total. The first-order valence-corrected chi connectivity index (χ1v) is 13.8. The van der Waals surface area contributed by atoms with Crippen LogP contribution < -0.4 is 5.32 Å². The van der Waals surface area contributed by atoms with Crippen LogP contribution in [0.15, 0.2) is 34.2 Å². The zero-order chi connectivity index (χ0) is 26.5. The minimum absolute atomic E-state index is 0.00689. The number of pyridine rings is 1. The molecule has 1 N–H and O–H groups in total. The van der Waals surface area contributed by atoms with Crippen LogP contribution in [-0.4, -0.2) is 56.7 Å². The smallest absolute Gasteiger partial charge is 0.277 e. The van der Waals surface area contributed by atoms with Crippen molar-refractivity contribution in [2.45, 2.75) is 55.3 Å². The standard InChI is InChI=1S/C25H25F4N3O4S/c1-37(34,35)22-7-13(14-3-2-6-36-12-14)4-5-17(22)31-18-8-15(9-21(33)16-11-25(16,28)29)30-19-10-20(24(26)27)32-23(18)19/h4-5,7-8,14,16,24H,2-3,6,9-12H2,1H3,(H,30,31)/t14-,16-/m0/s1. The molecule has 1 aliphatic carbocycles. The van der Waals surface area contributed by atoms with Crippen molar-refractivity contribution in [1.82, 2.24) is 4.98 Å². The van der Waals surface area contributed by atoms with E-state index in [9.17, 15) is 30.8 Å². The molecule has 37 heavy (non-hydrogen) atoms. The lowest BCUT2D eigenvalue weighted by atomic mass is 9.93. The molecule has 1 aromatic heterocycles. The Morgan fingerprint density at radius 2 is 2.00 bits per heavy atom. The first kappa shape index (κ1) is 25.8. The predicted molar refractivity (Wildman–Crippen MR) is 128 cm³/mol. The molecular formula is C25H25F4N3O4S. The molecule has 0 radical (unpaired) electrons. The van der Waals surface area contributed by atoms with Gasteiger partial charge in [0, 0.05) is 38.0 Å². The molecule has 12 heteroatoms. The van der Waals surface area contributed by atoms with Gasteiger partial charge in [-0.2, -0.15) is 0 Å². The molecule has 3 heterocycles. The molecule has 0 bridgehead atoms. The van der Waals surface area contributed by atoms with Gasteiger partial charge in [0.1, 0.15) is 11.5 Å². The zero-order valence-corrected chi connectivity index (χ0v) is 20.8. The number of nitrogens with zero attached hydrogens (tertiary/aromatic N) is 2. The molecule has 2 atom stereocenters. The quantitative estimate of drug-likeness (QED) is 0.485. The number of nitrogens with one attached hydrogen (secondary N) is 1. The van der Waals surface area contributed by atoms with E-state index in [2.05, 4.69) is 15.3 Å². The van der Waals surface area contributed by atoms with E-state index in [0.29, 0.717) is 13.2 Å². The molecular weight excluding hydrogens is 514 g/mol. The Labute approximate surface area is 211 Å². The highest BCUT2D eigenvalue weighted by Crippen LogP contribution is 2.49. The second-order valence-corrected chi connectivity index (χ2v) is 11.7. The number of aliphatic imine (C=N–C) groups is 1. The molecule has 0 amide bonds. The Balaban J connectivity index is 1.51. The summed E-state index contributed by atoms with van der Waals surface area (Å²) in [6.45, 7) is 1.14. The van der Waals surface area contributed by atoms with E-state index in [-0.39, 0.29) is 45.7 Å². The monoisotopic (exact) mass is 539 g/mol. The molecule has 2 aliphatic heterocycles. The predicted octanol–water partition coefficient (Wildman–Crippen LogP) is 4.78. The van der Waals surface area contributed by atoms with E-state index < -0.39 is 52.4 Å². The maximum atomic E-state index is 13.4. The number of ketones is 1. The number of benzene rings is 1. The van der Waals surface area contributed by atoms with Crippen molar-refractivity contribution in [2.24, 2.45) is 10.9 Å². The molecule has 2 aromatic rings. The number of halogens is 4. The van der Waals surface area contributed by atoms with Crippen molar-refractivity contribution in [1.29, 1.82) is 0 Å². The number of Topliss-reactive ketones (excluding diaryl/α,β-unsaturated/α-hetero) is 1. The van der Waals surface area contributed by atoms with Gasteiger partial charge in [-0.1, -0.05) is 6.07 Å². The number of hydrogen-bond acceptors (Lipinski definition) is 7. The third-order valence-electron chi connectivity index (χ3n) is 6.85. The third kappa shape index (κ3) is 5.40. The van der Waals surface area contributed by atoms with Crippen LogP contribution in [-0.2, 0) is 32.2 Å². The van der Waals surface area contributed by atoms with Gasteiger partial charge in [-0.05, 0) is 36.6 Å². The van der Waals surface area contributed by atoms with Crippen LogP contribution in [0.3, 0.4) is 0 Å². The normalized spacial score (nSPS) is 22.5. The highest BCUT2D eigenvalue weighted by Gasteiger charge is 2.60. The van der Waals surface area contributed by atoms with Gasteiger partial charge in [0.25, 0.3) is 12.3 Å². The summed E-state index contributed by atoms with van der Waals surface area (Å²) in [5.41, 5.74) is 1.15. The van der Waals surface area contributed by atoms with Gasteiger partial charge in [-0.25, -0.2) is 31.0 Å². The lowest BCUT2D eigenvalue weighted by Crippen LogP contribution is -2.16. The summed E-state index contributed by atoms with van der Waals surface area (Å²) in [6.07, 6.45) is -1.22. The largest absolute Gasteiger partial charge is 0.381 e. The summed E-state index contributed by atoms with van der Waals surface area (Å²) in [5, 5.41) is 2.98. The summed E-state index contributed by atoms with van der Waals surface area (Å²) < 4.78 is 84.5. The summed E-state index contributed by atoms with van der Waals surface area (Å²) in [7, 11) is -3.71. The maximum Gasteiger partial charge on any atom is 0.277 e. The van der Waals surface area contributed by atoms with Crippen molar-refractivity contribution >= 4 is 38.4 Å². The molecule has 3 aliphatic rings. The molecule has 0 unspecified atom stereocenters. The van der Waals surface area contributed by atoms with Gasteiger partial charge < -0.3 is 10.1 Å². The number of rotatable bonds is 8. The molecule has 2 fully saturated rings. The number of fused-ring (bicyclic) bond motifs is 1. The Hall–Kier alpha value is -2.86. The molecule has 1 saturated carbocycles. The number of ether oxygens (including phenoxy) is 1. The van der Waals surface area contributed by atoms with Gasteiger partial charge in [-0.3, -0.25) is 9.78 Å². The first-order chi connectivity index (χ1) is 17.4. The van der Waals surface area contributed by atoms with Crippen molar-refractivity contribution < 1.29 is 35.5 Å². The molecule has 198 valence electrons. The Bertz CT molecular complexity index is 1390. The van der Waals surface area contributed by atoms with Gasteiger partial charge in [0.2, 0.25) is 0 Å². The van der Waals surface area contributed by atoms with Gasteiger partial charge in [0.15, 0.2) is 9.84 Å². The van der Waals surface area contributed by atoms with E-state index in [1.165, 1.54) is 6.07 Å². The number of hydrogen-bond donors (Lipinski definition) is 1. The molecule has 0 spiro atoms. The van der Waals surface area contributed by atoms with E-state index in [1.54, 1.807) is 18.2 Å². The number of sulfone groups is 1. The fourth-order valence-corrected chi connectivity index (χ4v) is 5.65. The van der Waals surface area contributed by atoms with Crippen LogP contribution in [0.4, 0.5) is 34.6 Å². The maximum absolute atomic E-state index is 13.4. The van der Waals surface area contributed by atoms with Gasteiger partial charge >= 0.3 is 0 Å². The fraction of sp³-hybridized carbons (Fsp3) is 0.480. The van der Waals surface area contributed by atoms with Crippen molar-refractivity contribution in [3.63, 3.8) is 0 Å². The van der Waals surface area contributed by atoms with Crippen LogP contribution in [0.5, 0.6) is 0 Å². The molecule has 1 saturated heterocycles. The number of carbonyl (C=O) groups excluding carboxylic acids is 1. The van der Waals surface area contributed by atoms with Crippen molar-refractivity contribution in [3.05, 3.63) is 41.2 Å². The van der Waals surface area contributed by atoms with E-state index in [0.717, 1.165) is 24.7 Å². The SMILES string of the molecule is CS(=O)(=O)c1cc([C@H]2CCCOC2)ccc1Nc1cc(CC(=O)[C@@H]2CC2(F)F)nc2c1N=C(C(F)F)C2. The molecule has 5 rings (SSSR count). The molecule has 1 aromatic carbocycles. The average molecular weight is 540 g/mol. The lowest BCUT2D eigenvalue weighted by Gasteiger charge is -2.23. The van der Waals surface area contributed by atoms with Crippen molar-refractivity contribution in [3.8, 4) is 0 Å². The number of alkyl halides is 4. The highest BCUT2D eigenvalue weighted by atomic mass is 32.2. The summed E-state index contributed by atoms with van der Waals surface area (Å²) in [6, 6.07) is 6.33. The van der Waals surface area contributed by atoms with E-state index in [4.69, 9.17) is 4.74 Å². The van der Waals surface area contributed by atoms with Crippen LogP contribution >= 0.6 is 0 Å².